The minimum absolute atomic E-state index is 0.124. The average molecular weight is 394 g/mol. The molecule has 1 heterocycles. The molecule has 8 heteroatoms. The average Bonchev–Trinajstić information content (AvgIpc) is 2.67. The van der Waals surface area contributed by atoms with E-state index in [1.807, 2.05) is 30.3 Å². The number of hydrogen-bond acceptors (Lipinski definition) is 3. The second-order valence-corrected chi connectivity index (χ2v) is 6.51. The molecule has 28 heavy (non-hydrogen) atoms. The van der Waals surface area contributed by atoms with Crippen LogP contribution in [0.25, 0.3) is 0 Å². The number of rotatable bonds is 5. The van der Waals surface area contributed by atoms with Crippen molar-refractivity contribution in [1.29, 1.82) is 0 Å². The Morgan fingerprint density at radius 1 is 1.11 bits per heavy atom. The van der Waals surface area contributed by atoms with E-state index >= 15 is 0 Å². The fraction of sp³-hybridized carbons (Fsp3) is 0.350. The van der Waals surface area contributed by atoms with Crippen LogP contribution in [0.2, 0.25) is 0 Å². The number of urea groups is 1. The zero-order valence-corrected chi connectivity index (χ0v) is 15.1. The third kappa shape index (κ3) is 6.16. The lowest BCUT2D eigenvalue weighted by Crippen LogP contribution is -2.45. The van der Waals surface area contributed by atoms with Crippen LogP contribution in [0.3, 0.4) is 0 Å². The SMILES string of the molecule is O=C(Nc1ccccc1)N1CCC[C@@H](OCc2ccc(OC(F)(F)F)cc2)C1. The molecule has 0 radical (unpaired) electrons. The molecule has 2 amide bonds. The van der Waals surface area contributed by atoms with E-state index in [2.05, 4.69) is 10.1 Å². The van der Waals surface area contributed by atoms with Gasteiger partial charge in [0.15, 0.2) is 0 Å². The quantitative estimate of drug-likeness (QED) is 0.793. The van der Waals surface area contributed by atoms with Crippen LogP contribution in [0.15, 0.2) is 54.6 Å². The van der Waals surface area contributed by atoms with Gasteiger partial charge in [0.25, 0.3) is 0 Å². The summed E-state index contributed by atoms with van der Waals surface area (Å²) in [6.45, 7) is 1.38. The Bertz CT molecular complexity index is 767. The van der Waals surface area contributed by atoms with E-state index in [0.29, 0.717) is 13.1 Å². The van der Waals surface area contributed by atoms with E-state index in [4.69, 9.17) is 4.74 Å². The predicted octanol–water partition coefficient (Wildman–Crippen LogP) is 4.80. The maximum atomic E-state index is 12.4. The van der Waals surface area contributed by atoms with E-state index in [-0.39, 0.29) is 24.5 Å². The number of benzene rings is 2. The van der Waals surface area contributed by atoms with Crippen LogP contribution < -0.4 is 10.1 Å². The van der Waals surface area contributed by atoms with Crippen LogP contribution in [0.1, 0.15) is 18.4 Å². The summed E-state index contributed by atoms with van der Waals surface area (Å²) < 4.78 is 46.3. The van der Waals surface area contributed by atoms with Crippen LogP contribution in [-0.2, 0) is 11.3 Å². The number of alkyl halides is 3. The highest BCUT2D eigenvalue weighted by Gasteiger charge is 2.31. The molecule has 0 saturated carbocycles. The Hall–Kier alpha value is -2.74. The smallest absolute Gasteiger partial charge is 0.406 e. The number of nitrogens with zero attached hydrogens (tertiary/aromatic N) is 1. The number of nitrogens with one attached hydrogen (secondary N) is 1. The van der Waals surface area contributed by atoms with E-state index < -0.39 is 6.36 Å². The largest absolute Gasteiger partial charge is 0.573 e. The predicted molar refractivity (Wildman–Crippen MR) is 98.0 cm³/mol. The van der Waals surface area contributed by atoms with Crippen LogP contribution >= 0.6 is 0 Å². The molecule has 2 aromatic carbocycles. The molecule has 5 nitrogen and oxygen atoms in total. The van der Waals surface area contributed by atoms with Crippen molar-refractivity contribution >= 4 is 11.7 Å². The maximum absolute atomic E-state index is 12.4. The van der Waals surface area contributed by atoms with Crippen molar-refractivity contribution in [2.45, 2.75) is 31.9 Å². The standard InChI is InChI=1S/C20H21F3N2O3/c21-20(22,23)28-17-10-8-15(9-11-17)14-27-18-7-4-12-25(13-18)19(26)24-16-5-2-1-3-6-16/h1-3,5-6,8-11,18H,4,7,12-14H2,(H,24,26)/t18-/m1/s1. The van der Waals surface area contributed by atoms with E-state index in [1.54, 1.807) is 4.90 Å². The summed E-state index contributed by atoms with van der Waals surface area (Å²) in [5, 5.41) is 2.86. The van der Waals surface area contributed by atoms with E-state index in [9.17, 15) is 18.0 Å². The molecule has 1 atom stereocenters. The van der Waals surface area contributed by atoms with E-state index in [1.165, 1.54) is 24.3 Å². The van der Waals surface area contributed by atoms with Gasteiger partial charge in [0.2, 0.25) is 0 Å². The van der Waals surface area contributed by atoms with Crippen molar-refractivity contribution in [2.24, 2.45) is 0 Å². The highest BCUT2D eigenvalue weighted by molar-refractivity contribution is 5.89. The van der Waals surface area contributed by atoms with Crippen molar-refractivity contribution in [3.63, 3.8) is 0 Å². The summed E-state index contributed by atoms with van der Waals surface area (Å²) in [5.41, 5.74) is 1.47. The van der Waals surface area contributed by atoms with Crippen LogP contribution in [0, 0.1) is 0 Å². The number of piperidine rings is 1. The molecule has 0 spiro atoms. The summed E-state index contributed by atoms with van der Waals surface area (Å²) in [4.78, 5) is 14.1. The molecule has 1 aliphatic heterocycles. The minimum Gasteiger partial charge on any atom is -0.406 e. The number of carbonyl (C=O) groups is 1. The van der Waals surface area contributed by atoms with Crippen molar-refractivity contribution < 1.29 is 27.4 Å². The lowest BCUT2D eigenvalue weighted by atomic mass is 10.1. The number of carbonyl (C=O) groups excluding carboxylic acids is 1. The summed E-state index contributed by atoms with van der Waals surface area (Å²) in [6, 6.07) is 14.6. The maximum Gasteiger partial charge on any atom is 0.573 e. The van der Waals surface area contributed by atoms with Crippen molar-refractivity contribution in [2.75, 3.05) is 18.4 Å². The van der Waals surface area contributed by atoms with Crippen LogP contribution in [0.5, 0.6) is 5.75 Å². The third-order valence-corrected chi connectivity index (χ3v) is 4.33. The van der Waals surface area contributed by atoms with Gasteiger partial charge >= 0.3 is 12.4 Å². The number of para-hydroxylation sites is 1. The first kappa shape index (κ1) is 20.0. The van der Waals surface area contributed by atoms with Crippen LogP contribution in [0.4, 0.5) is 23.7 Å². The first-order chi connectivity index (χ1) is 13.4. The first-order valence-electron chi connectivity index (χ1n) is 8.96. The molecule has 150 valence electrons. The molecule has 0 aromatic heterocycles. The summed E-state index contributed by atoms with van der Waals surface area (Å²) in [6.07, 6.45) is -3.18. The second kappa shape index (κ2) is 8.97. The topological polar surface area (TPSA) is 50.8 Å². The van der Waals surface area contributed by atoms with Gasteiger partial charge in [0.05, 0.1) is 12.7 Å². The Kier molecular flexibility index (Phi) is 6.41. The van der Waals surface area contributed by atoms with Gasteiger partial charge in [-0.15, -0.1) is 13.2 Å². The normalized spacial score (nSPS) is 17.2. The van der Waals surface area contributed by atoms with Gasteiger partial charge in [-0.25, -0.2) is 4.79 Å². The van der Waals surface area contributed by atoms with Gasteiger partial charge in [-0.05, 0) is 42.7 Å². The molecule has 2 aromatic rings. The van der Waals surface area contributed by atoms with E-state index in [0.717, 1.165) is 24.1 Å². The molecule has 0 bridgehead atoms. The lowest BCUT2D eigenvalue weighted by Gasteiger charge is -2.32. The Balaban J connectivity index is 1.47. The Labute approximate surface area is 161 Å². The molecule has 1 fully saturated rings. The molecule has 1 saturated heterocycles. The highest BCUT2D eigenvalue weighted by Crippen LogP contribution is 2.23. The molecular weight excluding hydrogens is 373 g/mol. The minimum atomic E-state index is -4.70. The number of likely N-dealkylation sites (tertiary alicyclic amines) is 1. The van der Waals surface area contributed by atoms with Crippen LogP contribution in [-0.4, -0.2) is 36.5 Å². The van der Waals surface area contributed by atoms with Crippen molar-refractivity contribution in [3.05, 3.63) is 60.2 Å². The first-order valence-corrected chi connectivity index (χ1v) is 8.96. The Morgan fingerprint density at radius 3 is 2.50 bits per heavy atom. The number of hydrogen-bond donors (Lipinski definition) is 1. The summed E-state index contributed by atoms with van der Waals surface area (Å²) >= 11 is 0. The number of anilines is 1. The Morgan fingerprint density at radius 2 is 1.82 bits per heavy atom. The fourth-order valence-corrected chi connectivity index (χ4v) is 2.98. The zero-order valence-electron chi connectivity index (χ0n) is 15.1. The van der Waals surface area contributed by atoms with Crippen molar-refractivity contribution in [1.82, 2.24) is 4.90 Å². The molecular formula is C20H21F3N2O3. The monoisotopic (exact) mass is 394 g/mol. The fourth-order valence-electron chi connectivity index (χ4n) is 2.98. The number of amides is 2. The van der Waals surface area contributed by atoms with Gasteiger partial charge in [-0.2, -0.15) is 0 Å². The molecule has 3 rings (SSSR count). The van der Waals surface area contributed by atoms with Gasteiger partial charge in [0, 0.05) is 18.8 Å². The molecule has 0 aliphatic carbocycles. The van der Waals surface area contributed by atoms with Crippen molar-refractivity contribution in [3.8, 4) is 5.75 Å². The lowest BCUT2D eigenvalue weighted by molar-refractivity contribution is -0.274. The number of halogens is 3. The van der Waals surface area contributed by atoms with Gasteiger partial charge in [0.1, 0.15) is 5.75 Å². The molecule has 0 unspecified atom stereocenters. The third-order valence-electron chi connectivity index (χ3n) is 4.33. The van der Waals surface area contributed by atoms with Gasteiger partial charge in [-0.1, -0.05) is 30.3 Å². The van der Waals surface area contributed by atoms with Gasteiger partial charge < -0.3 is 19.7 Å². The van der Waals surface area contributed by atoms with Gasteiger partial charge in [-0.3, -0.25) is 0 Å². The number of ether oxygens (including phenoxy) is 2. The highest BCUT2D eigenvalue weighted by atomic mass is 19.4. The second-order valence-electron chi connectivity index (χ2n) is 6.51. The molecule has 1 N–H and O–H groups in total. The zero-order chi connectivity index (χ0) is 20.0. The molecule has 1 aliphatic rings. The summed E-state index contributed by atoms with van der Waals surface area (Å²) in [7, 11) is 0. The summed E-state index contributed by atoms with van der Waals surface area (Å²) in [5.74, 6) is -0.266.